The molecule has 1 heterocycles. The van der Waals surface area contributed by atoms with E-state index in [1.807, 2.05) is 0 Å². The van der Waals surface area contributed by atoms with Crippen LogP contribution in [-0.2, 0) is 0 Å². The van der Waals surface area contributed by atoms with Crippen LogP contribution in [0.4, 0.5) is 0 Å². The summed E-state index contributed by atoms with van der Waals surface area (Å²) in [6.45, 7) is 8.87. The molecule has 0 aliphatic rings. The molecule has 2 rings (SSSR count). The Morgan fingerprint density at radius 3 is 1.94 bits per heavy atom. The molecule has 1 aromatic heterocycles. The van der Waals surface area contributed by atoms with E-state index >= 15 is 0 Å². The van der Waals surface area contributed by atoms with Gasteiger partial charge in [0.05, 0.1) is 0 Å². The van der Waals surface area contributed by atoms with Gasteiger partial charge in [0.1, 0.15) is 5.69 Å². The second-order valence-electron chi connectivity index (χ2n) is 5.08. The average Bonchev–Trinajstić information content (AvgIpc) is 2.74. The van der Waals surface area contributed by atoms with Crippen molar-refractivity contribution < 1.29 is 0 Å². The molecule has 0 amide bonds. The van der Waals surface area contributed by atoms with E-state index in [1.54, 1.807) is 0 Å². The Kier molecular flexibility index (Phi) is 4.04. The highest BCUT2D eigenvalue weighted by atomic mass is 127. The Hall–Kier alpha value is -0.910. The zero-order valence-electron chi connectivity index (χ0n) is 11.2. The van der Waals surface area contributed by atoms with Crippen molar-refractivity contribution in [3.05, 3.63) is 33.0 Å². The summed E-state index contributed by atoms with van der Waals surface area (Å²) in [4.78, 5) is 0. The maximum atomic E-state index is 4.33. The molecule has 0 aliphatic carbocycles. The number of rotatable bonds is 3. The molecule has 0 atom stereocenters. The van der Waals surface area contributed by atoms with Gasteiger partial charge in [-0.3, -0.25) is 0 Å². The largest absolute Gasteiger partial charge is 0.196 e. The molecule has 1 N–H and O–H groups in total. The van der Waals surface area contributed by atoms with Crippen molar-refractivity contribution in [1.29, 1.82) is 0 Å². The Morgan fingerprint density at radius 2 is 1.56 bits per heavy atom. The van der Waals surface area contributed by atoms with Gasteiger partial charge in [-0.05, 0) is 45.6 Å². The molecule has 0 bridgehead atoms. The van der Waals surface area contributed by atoms with Crippen LogP contribution in [0.25, 0.3) is 11.3 Å². The zero-order valence-corrected chi connectivity index (χ0v) is 13.3. The summed E-state index contributed by atoms with van der Waals surface area (Å²) in [6, 6.07) is 6.52. The Bertz CT molecular complexity index is 517. The molecule has 0 saturated heterocycles. The maximum Gasteiger partial charge on any atom is 0.151 e. The third kappa shape index (κ3) is 2.43. The lowest BCUT2D eigenvalue weighted by atomic mass is 9.87. The van der Waals surface area contributed by atoms with Gasteiger partial charge in [0.2, 0.25) is 0 Å². The Labute approximate surface area is 122 Å². The molecule has 4 heteroatoms. The summed E-state index contributed by atoms with van der Waals surface area (Å²) < 4.78 is 0.933. The standard InChI is InChI=1S/C14H18IN3/c1-8(2)10-6-5-7-11(9(3)4)12(10)13-14(15)17-18-16-13/h5-9H,1-4H3,(H,16,17,18). The summed E-state index contributed by atoms with van der Waals surface area (Å²) in [5.41, 5.74) is 4.91. The van der Waals surface area contributed by atoms with E-state index in [9.17, 15) is 0 Å². The Morgan fingerprint density at radius 1 is 1.00 bits per heavy atom. The van der Waals surface area contributed by atoms with Crippen molar-refractivity contribution >= 4 is 22.6 Å². The number of nitrogens with one attached hydrogen (secondary N) is 1. The third-order valence-corrected chi connectivity index (χ3v) is 3.87. The molecule has 0 radical (unpaired) electrons. The fraction of sp³-hybridized carbons (Fsp3) is 0.429. The highest BCUT2D eigenvalue weighted by Crippen LogP contribution is 2.36. The minimum atomic E-state index is 0.478. The number of aromatic nitrogens is 3. The van der Waals surface area contributed by atoms with Crippen molar-refractivity contribution in [3.8, 4) is 11.3 Å². The SMILES string of the molecule is CC(C)c1cccc(C(C)C)c1-c1n[nH]nc1I. The summed E-state index contributed by atoms with van der Waals surface area (Å²) >= 11 is 2.23. The topological polar surface area (TPSA) is 41.6 Å². The lowest BCUT2D eigenvalue weighted by Gasteiger charge is -2.18. The van der Waals surface area contributed by atoms with Gasteiger partial charge in [0, 0.05) is 5.56 Å². The number of benzene rings is 1. The van der Waals surface area contributed by atoms with Gasteiger partial charge in [-0.25, -0.2) is 0 Å². The summed E-state index contributed by atoms with van der Waals surface area (Å²) in [5, 5.41) is 11.2. The lowest BCUT2D eigenvalue weighted by molar-refractivity contribution is 0.835. The van der Waals surface area contributed by atoms with Gasteiger partial charge in [-0.1, -0.05) is 45.9 Å². The van der Waals surface area contributed by atoms with E-state index in [0.717, 1.165) is 9.39 Å². The second-order valence-corrected chi connectivity index (χ2v) is 6.11. The van der Waals surface area contributed by atoms with Crippen molar-refractivity contribution in [3.63, 3.8) is 0 Å². The van der Waals surface area contributed by atoms with E-state index in [-0.39, 0.29) is 0 Å². The monoisotopic (exact) mass is 355 g/mol. The van der Waals surface area contributed by atoms with Crippen LogP contribution in [0.2, 0.25) is 0 Å². The Balaban J connectivity index is 2.72. The predicted molar refractivity (Wildman–Crippen MR) is 82.7 cm³/mol. The van der Waals surface area contributed by atoms with Crippen molar-refractivity contribution in [1.82, 2.24) is 15.4 Å². The lowest BCUT2D eigenvalue weighted by Crippen LogP contribution is -2.00. The highest BCUT2D eigenvalue weighted by molar-refractivity contribution is 14.1. The molecule has 3 nitrogen and oxygen atoms in total. The summed E-state index contributed by atoms with van der Waals surface area (Å²) in [6.07, 6.45) is 0. The first kappa shape index (κ1) is 13.5. The molecular formula is C14H18IN3. The molecule has 0 saturated carbocycles. The predicted octanol–water partition coefficient (Wildman–Crippen LogP) is 4.32. The van der Waals surface area contributed by atoms with E-state index in [2.05, 4.69) is 83.9 Å². The fourth-order valence-corrected chi connectivity index (χ4v) is 2.70. The zero-order chi connectivity index (χ0) is 13.3. The van der Waals surface area contributed by atoms with E-state index in [0.29, 0.717) is 11.8 Å². The minimum Gasteiger partial charge on any atom is -0.196 e. The van der Waals surface area contributed by atoms with Gasteiger partial charge in [0.25, 0.3) is 0 Å². The van der Waals surface area contributed by atoms with Crippen LogP contribution in [0.3, 0.4) is 0 Å². The molecule has 96 valence electrons. The number of nitrogens with zero attached hydrogens (tertiary/aromatic N) is 2. The molecule has 0 unspecified atom stereocenters. The molecule has 18 heavy (non-hydrogen) atoms. The van der Waals surface area contributed by atoms with Gasteiger partial charge < -0.3 is 0 Å². The van der Waals surface area contributed by atoms with Crippen LogP contribution in [-0.4, -0.2) is 15.4 Å². The first-order valence-electron chi connectivity index (χ1n) is 6.21. The van der Waals surface area contributed by atoms with Gasteiger partial charge >= 0.3 is 0 Å². The average molecular weight is 355 g/mol. The second kappa shape index (κ2) is 5.38. The smallest absolute Gasteiger partial charge is 0.151 e. The molecule has 0 spiro atoms. The number of aromatic amines is 1. The van der Waals surface area contributed by atoms with Crippen LogP contribution in [0.1, 0.15) is 50.7 Å². The van der Waals surface area contributed by atoms with E-state index in [1.165, 1.54) is 16.7 Å². The number of halogens is 1. The van der Waals surface area contributed by atoms with Crippen LogP contribution >= 0.6 is 22.6 Å². The van der Waals surface area contributed by atoms with Crippen LogP contribution < -0.4 is 0 Å². The molecule has 1 aromatic carbocycles. The quantitative estimate of drug-likeness (QED) is 0.833. The molecule has 2 aromatic rings. The van der Waals surface area contributed by atoms with Crippen molar-refractivity contribution in [2.75, 3.05) is 0 Å². The summed E-state index contributed by atoms with van der Waals surface area (Å²) in [7, 11) is 0. The molecule has 0 fully saturated rings. The maximum absolute atomic E-state index is 4.33. The highest BCUT2D eigenvalue weighted by Gasteiger charge is 2.19. The normalized spacial score (nSPS) is 11.5. The number of hydrogen-bond donors (Lipinski definition) is 1. The summed E-state index contributed by atoms with van der Waals surface area (Å²) in [5.74, 6) is 0.956. The van der Waals surface area contributed by atoms with Crippen molar-refractivity contribution in [2.45, 2.75) is 39.5 Å². The van der Waals surface area contributed by atoms with E-state index < -0.39 is 0 Å². The molecular weight excluding hydrogens is 337 g/mol. The van der Waals surface area contributed by atoms with Gasteiger partial charge in [-0.15, -0.1) is 5.10 Å². The third-order valence-electron chi connectivity index (χ3n) is 3.12. The van der Waals surface area contributed by atoms with E-state index in [4.69, 9.17) is 0 Å². The van der Waals surface area contributed by atoms with Gasteiger partial charge in [-0.2, -0.15) is 10.3 Å². The van der Waals surface area contributed by atoms with Crippen molar-refractivity contribution in [2.24, 2.45) is 0 Å². The number of hydrogen-bond acceptors (Lipinski definition) is 2. The number of H-pyrrole nitrogens is 1. The first-order valence-corrected chi connectivity index (χ1v) is 7.29. The fourth-order valence-electron chi connectivity index (χ4n) is 2.20. The first-order chi connectivity index (χ1) is 8.52. The van der Waals surface area contributed by atoms with Gasteiger partial charge in [0.15, 0.2) is 3.70 Å². The van der Waals surface area contributed by atoms with Crippen LogP contribution in [0.15, 0.2) is 18.2 Å². The minimum absolute atomic E-state index is 0.478. The van der Waals surface area contributed by atoms with Crippen LogP contribution in [0.5, 0.6) is 0 Å². The molecule has 0 aliphatic heterocycles. The van der Waals surface area contributed by atoms with Crippen LogP contribution in [0, 0.1) is 3.70 Å².